The minimum Gasteiger partial charge on any atom is -0.545 e. The molecule has 3 fully saturated rings. The van der Waals surface area contributed by atoms with Crippen LogP contribution in [0, 0.1) is 34.5 Å². The molecular formula is C23H38N4O3. The third-order valence-electron chi connectivity index (χ3n) is 9.31. The second kappa shape index (κ2) is 7.92. The molecule has 4 N–H and O–H groups in total. The summed E-state index contributed by atoms with van der Waals surface area (Å²) in [6, 6.07) is 0. The topological polar surface area (TPSA) is 104 Å². The van der Waals surface area contributed by atoms with Gasteiger partial charge in [-0.25, -0.2) is 4.99 Å². The Morgan fingerprint density at radius 3 is 2.80 bits per heavy atom. The maximum absolute atomic E-state index is 12.3. The number of quaternary nitrogens is 1. The van der Waals surface area contributed by atoms with E-state index in [1.54, 1.807) is 14.2 Å². The molecule has 0 radical (unpaired) electrons. The monoisotopic (exact) mass is 418 g/mol. The summed E-state index contributed by atoms with van der Waals surface area (Å²) in [7, 11) is 5.47. The molecule has 1 heterocycles. The molecule has 0 aromatic rings. The summed E-state index contributed by atoms with van der Waals surface area (Å²) >= 11 is 0. The van der Waals surface area contributed by atoms with Gasteiger partial charge in [0.15, 0.2) is 0 Å². The summed E-state index contributed by atoms with van der Waals surface area (Å²) in [6.07, 6.45) is 5.17. The number of carbonyl (C=O) groups excluding carboxylic acids is 1. The fourth-order valence-electron chi connectivity index (χ4n) is 8.40. The van der Waals surface area contributed by atoms with E-state index in [-0.39, 0.29) is 16.7 Å². The molecule has 7 unspecified atom stereocenters. The number of ether oxygens (including phenoxy) is 1. The van der Waals surface area contributed by atoms with Crippen molar-refractivity contribution in [2.24, 2.45) is 45.2 Å². The lowest BCUT2D eigenvalue weighted by Crippen LogP contribution is -3.19. The minimum absolute atomic E-state index is 0.0368. The van der Waals surface area contributed by atoms with Crippen molar-refractivity contribution in [1.29, 1.82) is 0 Å². The van der Waals surface area contributed by atoms with Gasteiger partial charge >= 0.3 is 0 Å². The number of allylic oxidation sites excluding steroid dienone is 1. The van der Waals surface area contributed by atoms with Crippen LogP contribution in [0.1, 0.15) is 39.0 Å². The van der Waals surface area contributed by atoms with Gasteiger partial charge in [-0.3, -0.25) is 4.90 Å². The normalized spacial score (nSPS) is 43.3. The third kappa shape index (κ3) is 2.74. The van der Waals surface area contributed by atoms with E-state index in [9.17, 15) is 9.90 Å². The number of hydrogen-bond donors (Lipinski definition) is 3. The van der Waals surface area contributed by atoms with Crippen LogP contribution in [0.2, 0.25) is 0 Å². The Morgan fingerprint density at radius 1 is 1.40 bits per heavy atom. The predicted octanol–water partition coefficient (Wildman–Crippen LogP) is -0.809. The first-order valence-electron chi connectivity index (χ1n) is 11.5. The van der Waals surface area contributed by atoms with Crippen LogP contribution in [0.3, 0.4) is 0 Å². The minimum atomic E-state index is -0.987. The Bertz CT molecular complexity index is 766. The molecule has 2 spiro atoms. The van der Waals surface area contributed by atoms with Crippen molar-refractivity contribution in [2.75, 3.05) is 47.4 Å². The zero-order valence-corrected chi connectivity index (χ0v) is 18.9. The summed E-state index contributed by atoms with van der Waals surface area (Å²) in [6.45, 7) is 5.70. The van der Waals surface area contributed by atoms with Gasteiger partial charge in [0.1, 0.15) is 0 Å². The molecule has 1 aliphatic heterocycles. The Kier molecular flexibility index (Phi) is 5.75. The zero-order chi connectivity index (χ0) is 21.7. The van der Waals surface area contributed by atoms with Crippen LogP contribution < -0.4 is 21.1 Å². The number of aliphatic carboxylic acids is 1. The summed E-state index contributed by atoms with van der Waals surface area (Å²) in [5, 5.41) is 15.8. The molecule has 3 aliphatic carbocycles. The smallest absolute Gasteiger partial charge is 0.293 e. The van der Waals surface area contributed by atoms with Crippen LogP contribution in [0.25, 0.3) is 0 Å². The molecule has 0 aromatic carbocycles. The molecule has 7 heteroatoms. The maximum atomic E-state index is 12.3. The average Bonchev–Trinajstić information content (AvgIpc) is 3.12. The molecule has 4 rings (SSSR count). The highest BCUT2D eigenvalue weighted by atomic mass is 16.5. The molecule has 2 bridgehead atoms. The Balaban J connectivity index is 1.91. The van der Waals surface area contributed by atoms with Crippen molar-refractivity contribution in [3.8, 4) is 0 Å². The Hall–Kier alpha value is -1.44. The zero-order valence-electron chi connectivity index (χ0n) is 18.9. The molecule has 7 nitrogen and oxygen atoms in total. The van der Waals surface area contributed by atoms with Gasteiger partial charge in [-0.05, 0) is 62.6 Å². The van der Waals surface area contributed by atoms with Crippen molar-refractivity contribution in [1.82, 2.24) is 5.32 Å². The van der Waals surface area contributed by atoms with Crippen molar-refractivity contribution in [3.63, 3.8) is 0 Å². The van der Waals surface area contributed by atoms with E-state index in [0.29, 0.717) is 35.9 Å². The van der Waals surface area contributed by atoms with Crippen LogP contribution in [-0.2, 0) is 9.53 Å². The lowest BCUT2D eigenvalue weighted by atomic mass is 9.45. The number of rotatable bonds is 5. The summed E-state index contributed by atoms with van der Waals surface area (Å²) in [5.74, 6) is 1.07. The molecule has 7 atom stereocenters. The number of likely N-dealkylation sites (tertiary alicyclic amines) is 1. The van der Waals surface area contributed by atoms with Gasteiger partial charge in [-0.15, -0.1) is 0 Å². The highest BCUT2D eigenvalue weighted by molar-refractivity contribution is 5.88. The first kappa shape index (κ1) is 21.8. The van der Waals surface area contributed by atoms with Crippen LogP contribution in [-0.4, -0.2) is 59.4 Å². The van der Waals surface area contributed by atoms with Gasteiger partial charge in [0, 0.05) is 37.3 Å². The quantitative estimate of drug-likeness (QED) is 0.400. The molecule has 30 heavy (non-hydrogen) atoms. The summed E-state index contributed by atoms with van der Waals surface area (Å²) in [5.41, 5.74) is 8.03. The highest BCUT2D eigenvalue weighted by Gasteiger charge is 2.73. The Labute approximate surface area is 180 Å². The SMILES string of the molecule is CN=C(N)[NH+]1CCC(CNC)C2(C1)C1CCC(C)C23CC(COC)C(C(=O)[O-])=C3C1. The van der Waals surface area contributed by atoms with Crippen molar-refractivity contribution >= 4 is 11.9 Å². The fourth-order valence-corrected chi connectivity index (χ4v) is 8.40. The average molecular weight is 419 g/mol. The van der Waals surface area contributed by atoms with Crippen molar-refractivity contribution in [2.45, 2.75) is 39.0 Å². The van der Waals surface area contributed by atoms with Gasteiger partial charge < -0.3 is 25.7 Å². The molecule has 0 aromatic heterocycles. The van der Waals surface area contributed by atoms with E-state index >= 15 is 0 Å². The largest absolute Gasteiger partial charge is 0.545 e. The fraction of sp³-hybridized carbons (Fsp3) is 0.826. The van der Waals surface area contributed by atoms with Crippen LogP contribution in [0.4, 0.5) is 0 Å². The number of nitrogens with one attached hydrogen (secondary N) is 2. The lowest BCUT2D eigenvalue weighted by Gasteiger charge is -2.60. The Morgan fingerprint density at radius 2 is 2.17 bits per heavy atom. The summed E-state index contributed by atoms with van der Waals surface area (Å²) in [4.78, 5) is 17.9. The number of nitrogens with two attached hydrogens (primary N) is 1. The molecule has 4 aliphatic rings. The highest BCUT2D eigenvalue weighted by Crippen LogP contribution is 2.76. The lowest BCUT2D eigenvalue weighted by molar-refractivity contribution is -0.828. The maximum Gasteiger partial charge on any atom is 0.293 e. The van der Waals surface area contributed by atoms with Gasteiger partial charge in [0.05, 0.1) is 25.7 Å². The van der Waals surface area contributed by atoms with Gasteiger partial charge in [0.25, 0.3) is 5.96 Å². The van der Waals surface area contributed by atoms with E-state index in [2.05, 4.69) is 17.2 Å². The molecule has 0 amide bonds. The van der Waals surface area contributed by atoms with Crippen LogP contribution in [0.15, 0.2) is 16.1 Å². The van der Waals surface area contributed by atoms with Gasteiger partial charge in [-0.2, -0.15) is 0 Å². The molecule has 1 saturated heterocycles. The number of methoxy groups -OCH3 is 1. The van der Waals surface area contributed by atoms with Crippen molar-refractivity contribution < 1.29 is 19.5 Å². The second-order valence-electron chi connectivity index (χ2n) is 10.1. The first-order chi connectivity index (χ1) is 14.4. The number of hydrogen-bond acceptors (Lipinski definition) is 5. The number of carboxylic acids is 1. The second-order valence-corrected chi connectivity index (χ2v) is 10.1. The standard InChI is InChI=1S/C23H38N4O3/c1-14-5-6-16-9-18-19(20(28)29)15(12-30-4)10-22(14,18)23(16)13-27(21(24)26-3)8-7-17(23)11-25-2/h14-17,25H,5-13H2,1-4H3,(H2,24,26)(H,28,29). The molecule has 2 saturated carbocycles. The van der Waals surface area contributed by atoms with Gasteiger partial charge in [-0.1, -0.05) is 12.5 Å². The number of piperidine rings is 1. The van der Waals surface area contributed by atoms with Gasteiger partial charge in [0.2, 0.25) is 0 Å². The molecular weight excluding hydrogens is 380 g/mol. The number of carbonyl (C=O) groups is 1. The van der Waals surface area contributed by atoms with E-state index < -0.39 is 5.97 Å². The van der Waals surface area contributed by atoms with E-state index in [1.807, 2.05) is 7.05 Å². The van der Waals surface area contributed by atoms with E-state index in [0.717, 1.165) is 45.3 Å². The number of carboxylic acid groups (broad SMARTS) is 1. The molecule has 168 valence electrons. The number of nitrogens with zero attached hydrogens (tertiary/aromatic N) is 1. The van der Waals surface area contributed by atoms with Crippen LogP contribution in [0.5, 0.6) is 0 Å². The third-order valence-corrected chi connectivity index (χ3v) is 9.31. The predicted molar refractivity (Wildman–Crippen MR) is 114 cm³/mol. The van der Waals surface area contributed by atoms with E-state index in [4.69, 9.17) is 10.5 Å². The van der Waals surface area contributed by atoms with E-state index in [1.165, 1.54) is 16.9 Å². The number of guanidine groups is 1. The van der Waals surface area contributed by atoms with Crippen LogP contribution >= 0.6 is 0 Å². The number of aliphatic imine (C=N–C) groups is 1. The first-order valence-corrected chi connectivity index (χ1v) is 11.5. The summed E-state index contributed by atoms with van der Waals surface area (Å²) < 4.78 is 5.49. The van der Waals surface area contributed by atoms with Crippen molar-refractivity contribution in [3.05, 3.63) is 11.1 Å².